The van der Waals surface area contributed by atoms with Crippen molar-refractivity contribution in [3.63, 3.8) is 0 Å². The van der Waals surface area contributed by atoms with Crippen molar-refractivity contribution in [1.82, 2.24) is 35.0 Å². The maximum Gasteiger partial charge on any atom is 0.173 e. The lowest BCUT2D eigenvalue weighted by molar-refractivity contribution is 0.127. The number of nitrogens with zero attached hydrogens (tertiary/aromatic N) is 7. The zero-order valence-corrected chi connectivity index (χ0v) is 17.3. The van der Waals surface area contributed by atoms with E-state index < -0.39 is 0 Å². The molecule has 1 saturated heterocycles. The van der Waals surface area contributed by atoms with Crippen molar-refractivity contribution in [2.75, 3.05) is 26.2 Å². The second-order valence-corrected chi connectivity index (χ2v) is 8.38. The molecule has 1 aromatic carbocycles. The highest BCUT2D eigenvalue weighted by Gasteiger charge is 2.32. The van der Waals surface area contributed by atoms with Gasteiger partial charge in [-0.1, -0.05) is 42.8 Å². The molecule has 2 aromatic heterocycles. The van der Waals surface area contributed by atoms with Crippen molar-refractivity contribution < 1.29 is 0 Å². The van der Waals surface area contributed by atoms with Crippen molar-refractivity contribution in [2.45, 2.75) is 44.3 Å². The Labute approximate surface area is 177 Å². The zero-order valence-electron chi connectivity index (χ0n) is 17.3. The topological polar surface area (TPSA) is 63.0 Å². The summed E-state index contributed by atoms with van der Waals surface area (Å²) in [7, 11) is 0. The van der Waals surface area contributed by atoms with Gasteiger partial charge in [0.1, 0.15) is 0 Å². The summed E-state index contributed by atoms with van der Waals surface area (Å²) in [6.45, 7) is 5.04. The van der Waals surface area contributed by atoms with Crippen LogP contribution in [0.15, 0.2) is 54.9 Å². The van der Waals surface area contributed by atoms with E-state index in [0.29, 0.717) is 6.54 Å². The quantitative estimate of drug-likeness (QED) is 0.631. The molecule has 30 heavy (non-hydrogen) atoms. The minimum absolute atomic E-state index is 0.0127. The highest BCUT2D eigenvalue weighted by Crippen LogP contribution is 2.30. The molecule has 3 aromatic rings. The van der Waals surface area contributed by atoms with E-state index in [1.54, 1.807) is 0 Å². The Kier molecular flexibility index (Phi) is 5.81. The summed E-state index contributed by atoms with van der Waals surface area (Å²) < 4.78 is 1.95. The molecule has 1 aliphatic carbocycles. The molecule has 156 valence electrons. The molecule has 2 fully saturated rings. The van der Waals surface area contributed by atoms with Crippen LogP contribution in [0.3, 0.4) is 0 Å². The SMILES string of the molecule is c1ccc(Cn2nnnc2C(c2cccnc2)N2CCCN(C3CCC3)CC2)cc1. The summed E-state index contributed by atoms with van der Waals surface area (Å²) in [6, 6.07) is 15.3. The summed E-state index contributed by atoms with van der Waals surface area (Å²) in [5.74, 6) is 0.893. The Morgan fingerprint density at radius 3 is 2.60 bits per heavy atom. The lowest BCUT2D eigenvalue weighted by Gasteiger charge is -2.37. The number of hydrogen-bond donors (Lipinski definition) is 0. The van der Waals surface area contributed by atoms with E-state index in [1.807, 2.05) is 29.2 Å². The second-order valence-electron chi connectivity index (χ2n) is 8.38. The molecular formula is C23H29N7. The minimum Gasteiger partial charge on any atom is -0.299 e. The van der Waals surface area contributed by atoms with E-state index in [-0.39, 0.29) is 6.04 Å². The average molecular weight is 404 g/mol. The first kappa shape index (κ1) is 19.3. The molecule has 7 heteroatoms. The number of aromatic nitrogens is 5. The van der Waals surface area contributed by atoms with Crippen molar-refractivity contribution in [1.29, 1.82) is 0 Å². The smallest absolute Gasteiger partial charge is 0.173 e. The van der Waals surface area contributed by atoms with Gasteiger partial charge in [-0.2, -0.15) is 0 Å². The van der Waals surface area contributed by atoms with Gasteiger partial charge in [0.05, 0.1) is 12.6 Å². The van der Waals surface area contributed by atoms with Crippen LogP contribution in [-0.4, -0.2) is 67.2 Å². The van der Waals surface area contributed by atoms with Gasteiger partial charge in [-0.15, -0.1) is 5.10 Å². The van der Waals surface area contributed by atoms with Gasteiger partial charge in [0.15, 0.2) is 5.82 Å². The van der Waals surface area contributed by atoms with E-state index in [4.69, 9.17) is 0 Å². The molecule has 1 aliphatic heterocycles. The first-order valence-electron chi connectivity index (χ1n) is 11.1. The van der Waals surface area contributed by atoms with Gasteiger partial charge in [0.2, 0.25) is 0 Å². The number of benzene rings is 1. The maximum atomic E-state index is 4.50. The third kappa shape index (κ3) is 4.13. The van der Waals surface area contributed by atoms with Gasteiger partial charge >= 0.3 is 0 Å². The predicted molar refractivity (Wildman–Crippen MR) is 115 cm³/mol. The lowest BCUT2D eigenvalue weighted by Crippen LogP contribution is -2.42. The van der Waals surface area contributed by atoms with Crippen LogP contribution in [0.4, 0.5) is 0 Å². The maximum absolute atomic E-state index is 4.50. The van der Waals surface area contributed by atoms with E-state index in [0.717, 1.165) is 37.1 Å². The molecule has 0 N–H and O–H groups in total. The highest BCUT2D eigenvalue weighted by atomic mass is 15.5. The fraction of sp³-hybridized carbons (Fsp3) is 0.478. The summed E-state index contributed by atoms with van der Waals surface area (Å²) in [5.41, 5.74) is 2.35. The summed E-state index contributed by atoms with van der Waals surface area (Å²) in [5, 5.41) is 12.9. The van der Waals surface area contributed by atoms with Crippen LogP contribution in [0.2, 0.25) is 0 Å². The molecule has 1 atom stereocenters. The Morgan fingerprint density at radius 1 is 0.933 bits per heavy atom. The highest BCUT2D eigenvalue weighted by molar-refractivity contribution is 5.22. The average Bonchev–Trinajstić information content (AvgIpc) is 3.06. The van der Waals surface area contributed by atoms with E-state index in [1.165, 1.54) is 37.8 Å². The summed E-state index contributed by atoms with van der Waals surface area (Å²) >= 11 is 0. The zero-order chi connectivity index (χ0) is 20.2. The number of tetrazole rings is 1. The number of pyridine rings is 1. The van der Waals surface area contributed by atoms with Crippen molar-refractivity contribution in [3.05, 3.63) is 71.8 Å². The predicted octanol–water partition coefficient (Wildman–Crippen LogP) is 2.77. The van der Waals surface area contributed by atoms with Crippen molar-refractivity contribution in [2.24, 2.45) is 0 Å². The third-order valence-corrected chi connectivity index (χ3v) is 6.50. The molecule has 5 rings (SSSR count). The first-order valence-corrected chi connectivity index (χ1v) is 11.1. The fourth-order valence-electron chi connectivity index (χ4n) is 4.67. The van der Waals surface area contributed by atoms with Gasteiger partial charge in [0.25, 0.3) is 0 Å². The molecule has 1 saturated carbocycles. The molecule has 2 aliphatic rings. The molecular weight excluding hydrogens is 374 g/mol. The van der Waals surface area contributed by atoms with E-state index in [2.05, 4.69) is 60.6 Å². The van der Waals surface area contributed by atoms with E-state index >= 15 is 0 Å². The largest absolute Gasteiger partial charge is 0.299 e. The van der Waals surface area contributed by atoms with Gasteiger partial charge in [-0.25, -0.2) is 4.68 Å². The van der Waals surface area contributed by atoms with Crippen LogP contribution in [0.5, 0.6) is 0 Å². The van der Waals surface area contributed by atoms with Crippen LogP contribution in [0.1, 0.15) is 48.7 Å². The molecule has 0 bridgehead atoms. The molecule has 0 spiro atoms. The summed E-state index contributed by atoms with van der Waals surface area (Å²) in [6.07, 6.45) is 9.07. The molecule has 3 heterocycles. The van der Waals surface area contributed by atoms with Gasteiger partial charge in [0, 0.05) is 38.1 Å². The molecule has 1 unspecified atom stereocenters. The first-order chi connectivity index (χ1) is 14.9. The number of rotatable bonds is 6. The monoisotopic (exact) mass is 403 g/mol. The van der Waals surface area contributed by atoms with Crippen LogP contribution >= 0.6 is 0 Å². The summed E-state index contributed by atoms with van der Waals surface area (Å²) in [4.78, 5) is 9.63. The van der Waals surface area contributed by atoms with Crippen LogP contribution in [-0.2, 0) is 6.54 Å². The second kappa shape index (κ2) is 9.02. The standard InChI is InChI=1S/C23H29N7/c1-2-7-19(8-3-1)18-30-23(25-26-27-30)22(20-9-5-12-24-17-20)29-14-6-13-28(15-16-29)21-10-4-11-21/h1-3,5,7-9,12,17,21-22H,4,6,10-11,13-16,18H2. The van der Waals surface area contributed by atoms with Gasteiger partial charge < -0.3 is 0 Å². The lowest BCUT2D eigenvalue weighted by atomic mass is 9.91. The minimum atomic E-state index is 0.0127. The van der Waals surface area contributed by atoms with Gasteiger partial charge in [-0.3, -0.25) is 14.8 Å². The Morgan fingerprint density at radius 2 is 1.83 bits per heavy atom. The van der Waals surface area contributed by atoms with Crippen LogP contribution < -0.4 is 0 Å². The molecule has 7 nitrogen and oxygen atoms in total. The Balaban J connectivity index is 1.43. The third-order valence-electron chi connectivity index (χ3n) is 6.50. The van der Waals surface area contributed by atoms with Crippen molar-refractivity contribution >= 4 is 0 Å². The molecule has 0 amide bonds. The van der Waals surface area contributed by atoms with E-state index in [9.17, 15) is 0 Å². The van der Waals surface area contributed by atoms with Gasteiger partial charge in [-0.05, 0) is 53.4 Å². The van der Waals surface area contributed by atoms with Crippen LogP contribution in [0, 0.1) is 0 Å². The number of hydrogen-bond acceptors (Lipinski definition) is 6. The normalized spacial score (nSPS) is 19.9. The fourth-order valence-corrected chi connectivity index (χ4v) is 4.67. The Hall–Kier alpha value is -2.64. The van der Waals surface area contributed by atoms with Crippen molar-refractivity contribution in [3.8, 4) is 0 Å². The van der Waals surface area contributed by atoms with Crippen LogP contribution in [0.25, 0.3) is 0 Å². The molecule has 0 radical (unpaired) electrons. The Bertz CT molecular complexity index is 923.